The molecule has 2 aromatic heterocycles. The zero-order valence-electron chi connectivity index (χ0n) is 26.0. The van der Waals surface area contributed by atoms with E-state index in [1.807, 2.05) is 6.07 Å². The van der Waals surface area contributed by atoms with E-state index < -0.39 is 31.4 Å². The number of nitrogens with one attached hydrogen (secondary N) is 2. The molecule has 1 fully saturated rings. The van der Waals surface area contributed by atoms with E-state index in [2.05, 4.69) is 48.8 Å². The second-order valence-corrected chi connectivity index (χ2v) is 13.7. The summed E-state index contributed by atoms with van der Waals surface area (Å²) >= 11 is 0. The molecule has 13 heteroatoms. The monoisotopic (exact) mass is 666 g/mol. The Labute approximate surface area is 277 Å². The number of nitro groups is 1. The smallest absolute Gasteiger partial charge is 0.270 e. The third-order valence-electron chi connectivity index (χ3n) is 9.09. The van der Waals surface area contributed by atoms with Crippen molar-refractivity contribution in [1.29, 1.82) is 0 Å². The zero-order chi connectivity index (χ0) is 33.3. The summed E-state index contributed by atoms with van der Waals surface area (Å²) in [6.07, 6.45) is 7.94. The molecule has 0 radical (unpaired) electrons. The topological polar surface area (TPSA) is 151 Å². The van der Waals surface area contributed by atoms with Gasteiger partial charge in [-0.2, -0.15) is 0 Å². The highest BCUT2D eigenvalue weighted by atomic mass is 32.2. The molecular formula is C35H34N6O6S. The number of rotatable bonds is 8. The molecule has 48 heavy (non-hydrogen) atoms. The number of carbonyl (C=O) groups is 1. The van der Waals surface area contributed by atoms with Gasteiger partial charge >= 0.3 is 0 Å². The maximum absolute atomic E-state index is 13.5. The van der Waals surface area contributed by atoms with Crippen LogP contribution in [-0.2, 0) is 16.4 Å². The number of carbonyl (C=O) groups excluding carboxylic acids is 1. The Kier molecular flexibility index (Phi) is 8.54. The fraction of sp³-hybridized carbons (Fsp3) is 0.257. The van der Waals surface area contributed by atoms with E-state index in [0.29, 0.717) is 17.4 Å². The number of nitro benzene ring substituents is 1. The minimum Gasteiger partial charge on any atom is -0.455 e. The highest BCUT2D eigenvalue weighted by Crippen LogP contribution is 2.36. The number of ether oxygens (including phenoxy) is 1. The van der Waals surface area contributed by atoms with E-state index in [0.717, 1.165) is 56.2 Å². The first-order valence-electron chi connectivity index (χ1n) is 15.9. The maximum atomic E-state index is 13.5. The van der Waals surface area contributed by atoms with Crippen LogP contribution in [0.3, 0.4) is 0 Å². The largest absolute Gasteiger partial charge is 0.455 e. The first-order chi connectivity index (χ1) is 23.2. The van der Waals surface area contributed by atoms with Gasteiger partial charge in [-0.05, 0) is 60.7 Å². The van der Waals surface area contributed by atoms with Crippen molar-refractivity contribution >= 4 is 38.3 Å². The van der Waals surface area contributed by atoms with Gasteiger partial charge in [0, 0.05) is 67.7 Å². The molecule has 0 bridgehead atoms. The maximum Gasteiger partial charge on any atom is 0.270 e. The number of aromatic nitrogens is 2. The molecule has 0 spiro atoms. The molecule has 5 aromatic rings. The number of fused-ring (bicyclic) bond motifs is 2. The number of H-pyrrole nitrogens is 1. The number of benzene rings is 3. The Hall–Kier alpha value is -5.27. The zero-order valence-corrected chi connectivity index (χ0v) is 26.9. The van der Waals surface area contributed by atoms with Gasteiger partial charge in [0.1, 0.15) is 17.1 Å². The van der Waals surface area contributed by atoms with Crippen molar-refractivity contribution in [2.75, 3.05) is 31.1 Å². The second kappa shape index (κ2) is 13.1. The minimum atomic E-state index is -4.44. The predicted octanol–water partition coefficient (Wildman–Crippen LogP) is 5.97. The number of piperazine rings is 1. The average Bonchev–Trinajstić information content (AvgIpc) is 3.46. The van der Waals surface area contributed by atoms with E-state index in [9.17, 15) is 23.3 Å². The van der Waals surface area contributed by atoms with Gasteiger partial charge in [-0.3, -0.25) is 19.8 Å². The van der Waals surface area contributed by atoms with Crippen molar-refractivity contribution in [2.45, 2.75) is 36.6 Å². The summed E-state index contributed by atoms with van der Waals surface area (Å²) in [7, 11) is -4.44. The van der Waals surface area contributed by atoms with Crippen LogP contribution in [0.15, 0.2) is 96.2 Å². The molecule has 0 saturated carbocycles. The second-order valence-electron chi connectivity index (χ2n) is 12.0. The van der Waals surface area contributed by atoms with E-state index >= 15 is 0 Å². The lowest BCUT2D eigenvalue weighted by Crippen LogP contribution is -2.47. The molecular weight excluding hydrogens is 632 g/mol. The standard InChI is InChI=1S/C35H34N6O6S/c42-35(38-48(45,46)29-9-5-8-27(21-29)41(43)44)31-13-12-26(22-33(31)47-28-20-25-14-15-36-34(25)37-23-28)39-16-18-40(19-17-39)32-11-4-2-7-24-6-1-3-10-30(24)32/h1,3,5-6,8-10,12-15,20-23,32H,2,4,7,11,16-19H2,(H,36,37)(H,38,42). The van der Waals surface area contributed by atoms with Gasteiger partial charge in [-0.1, -0.05) is 36.8 Å². The number of hydrogen-bond donors (Lipinski definition) is 2. The molecule has 1 atom stereocenters. The Bertz CT molecular complexity index is 2110. The lowest BCUT2D eigenvalue weighted by atomic mass is 9.97. The van der Waals surface area contributed by atoms with Crippen LogP contribution >= 0.6 is 0 Å². The van der Waals surface area contributed by atoms with Crippen LogP contribution in [0.25, 0.3) is 11.0 Å². The lowest BCUT2D eigenvalue weighted by molar-refractivity contribution is -0.385. The first kappa shape index (κ1) is 31.3. The van der Waals surface area contributed by atoms with E-state index in [-0.39, 0.29) is 11.3 Å². The fourth-order valence-corrected chi connectivity index (χ4v) is 7.65. The minimum absolute atomic E-state index is 0.0179. The third kappa shape index (κ3) is 6.46. The number of hydrogen-bond acceptors (Lipinski definition) is 9. The summed E-state index contributed by atoms with van der Waals surface area (Å²) in [5, 5.41) is 12.0. The lowest BCUT2D eigenvalue weighted by Gasteiger charge is -2.40. The normalized spacial score (nSPS) is 17.0. The van der Waals surface area contributed by atoms with Gasteiger partial charge in [0.2, 0.25) is 0 Å². The van der Waals surface area contributed by atoms with Gasteiger partial charge in [0.25, 0.3) is 21.6 Å². The molecule has 2 aliphatic rings. The number of amides is 1. The van der Waals surface area contributed by atoms with Gasteiger partial charge in [-0.25, -0.2) is 18.1 Å². The Morgan fingerprint density at radius 3 is 2.65 bits per heavy atom. The van der Waals surface area contributed by atoms with Crippen molar-refractivity contribution in [2.24, 2.45) is 0 Å². The number of nitrogens with zero attached hydrogens (tertiary/aromatic N) is 4. The van der Waals surface area contributed by atoms with E-state index in [4.69, 9.17) is 4.74 Å². The highest BCUT2D eigenvalue weighted by molar-refractivity contribution is 7.90. The molecule has 7 rings (SSSR count). The van der Waals surface area contributed by atoms with Crippen LogP contribution in [0.5, 0.6) is 11.5 Å². The number of anilines is 1. The summed E-state index contributed by atoms with van der Waals surface area (Å²) in [6, 6.07) is 22.4. The summed E-state index contributed by atoms with van der Waals surface area (Å²) in [5.74, 6) is -0.418. The SMILES string of the molecule is O=C(NS(=O)(=O)c1cccc([N+](=O)[O-])c1)c1ccc(N2CCN(C3CCCCc4ccccc43)CC2)cc1Oc1cnc2[nH]ccc2c1. The van der Waals surface area contributed by atoms with Gasteiger partial charge in [-0.15, -0.1) is 0 Å². The quantitative estimate of drug-likeness (QED) is 0.116. The number of sulfonamides is 1. The fourth-order valence-electron chi connectivity index (χ4n) is 6.65. The van der Waals surface area contributed by atoms with Crippen LogP contribution in [0.1, 0.15) is 46.8 Å². The molecule has 3 heterocycles. The molecule has 2 N–H and O–H groups in total. The number of aromatic amines is 1. The summed E-state index contributed by atoms with van der Waals surface area (Å²) < 4.78 is 34.5. The molecule has 1 amide bonds. The van der Waals surface area contributed by atoms with Gasteiger partial charge < -0.3 is 14.6 Å². The van der Waals surface area contributed by atoms with Gasteiger partial charge in [0.15, 0.2) is 0 Å². The molecule has 1 aliphatic heterocycles. The number of pyridine rings is 1. The molecule has 1 aliphatic carbocycles. The summed E-state index contributed by atoms with van der Waals surface area (Å²) in [5.41, 5.74) is 3.96. The predicted molar refractivity (Wildman–Crippen MR) is 181 cm³/mol. The van der Waals surface area contributed by atoms with E-state index in [1.54, 1.807) is 30.5 Å². The third-order valence-corrected chi connectivity index (χ3v) is 10.4. The van der Waals surface area contributed by atoms with Crippen molar-refractivity contribution in [3.63, 3.8) is 0 Å². The van der Waals surface area contributed by atoms with E-state index in [1.165, 1.54) is 48.4 Å². The van der Waals surface area contributed by atoms with Crippen molar-refractivity contribution in [3.8, 4) is 11.5 Å². The average molecular weight is 667 g/mol. The number of non-ortho nitro benzene ring substituents is 1. The summed E-state index contributed by atoms with van der Waals surface area (Å²) in [4.78, 5) is 35.9. The Morgan fingerprint density at radius 1 is 0.979 bits per heavy atom. The summed E-state index contributed by atoms with van der Waals surface area (Å²) in [6.45, 7) is 3.27. The van der Waals surface area contributed by atoms with Crippen LogP contribution < -0.4 is 14.4 Å². The molecule has 246 valence electrons. The van der Waals surface area contributed by atoms with Crippen LogP contribution in [0, 0.1) is 10.1 Å². The molecule has 1 saturated heterocycles. The van der Waals surface area contributed by atoms with Crippen molar-refractivity contribution in [1.82, 2.24) is 19.6 Å². The van der Waals surface area contributed by atoms with Gasteiger partial charge in [0.05, 0.1) is 21.6 Å². The van der Waals surface area contributed by atoms with Crippen LogP contribution in [0.4, 0.5) is 11.4 Å². The van der Waals surface area contributed by atoms with Crippen LogP contribution in [0.2, 0.25) is 0 Å². The molecule has 12 nitrogen and oxygen atoms in total. The molecule has 3 aromatic carbocycles. The Morgan fingerprint density at radius 2 is 1.81 bits per heavy atom. The number of aryl methyl sites for hydroxylation is 1. The van der Waals surface area contributed by atoms with Crippen molar-refractivity contribution < 1.29 is 22.9 Å². The Balaban J connectivity index is 1.14. The van der Waals surface area contributed by atoms with Crippen LogP contribution in [-0.4, -0.2) is 60.3 Å². The molecule has 1 unspecified atom stereocenters. The highest BCUT2D eigenvalue weighted by Gasteiger charge is 2.29. The first-order valence-corrected chi connectivity index (χ1v) is 17.4. The van der Waals surface area contributed by atoms with Crippen molar-refractivity contribution in [3.05, 3.63) is 118 Å².